The SMILES string of the molecule is CCC[C@H]1C(=O)N[C@@H]([C@@H](C)CC)C(=O)N(C2CC2)CC(=O)N(C)[C@@H]2C/C=C\CCN(C2=O)[C@@H](Cc2ccc(C(F)(F)F)cc2)C(=O)N(C)CC(=O)N[C@@H](CCc2ccc(C(F)(F)F)c(OC)c2)C(=O)N2C[C@H](OCC)C[C@H]2C(=O)N(C)C2(CCC2)C(=O)N(C)[C@@H](C2CCCC2)C(=O)N(C)[C@H](C(=O)N2CCCCC2)CC(=O)N1C. The molecule has 3 aliphatic carbocycles. The summed E-state index contributed by atoms with van der Waals surface area (Å²) in [6.45, 7) is 6.06. The summed E-state index contributed by atoms with van der Waals surface area (Å²) in [6.07, 6.45) is -1.48. The molecule has 3 saturated heterocycles. The Kier molecular flexibility index (Phi) is 29.7. The van der Waals surface area contributed by atoms with Gasteiger partial charge in [0.05, 0.1) is 37.3 Å². The number of hydrogen-bond donors (Lipinski definition) is 2. The molecule has 4 heterocycles. The molecular weight excluding hydrogens is 1480 g/mol. The van der Waals surface area contributed by atoms with E-state index in [0.29, 0.717) is 83.7 Å². The molecule has 3 saturated carbocycles. The smallest absolute Gasteiger partial charge is 0.419 e. The van der Waals surface area contributed by atoms with Crippen LogP contribution in [0.2, 0.25) is 0 Å². The monoisotopic (exact) mass is 1590 g/mol. The summed E-state index contributed by atoms with van der Waals surface area (Å²) in [4.78, 5) is 198. The second-order valence-electron chi connectivity index (χ2n) is 31.8. The van der Waals surface area contributed by atoms with Crippen LogP contribution in [0, 0.1) is 11.8 Å². The van der Waals surface area contributed by atoms with Crippen molar-refractivity contribution in [1.82, 2.24) is 59.6 Å². The molecule has 0 radical (unpaired) electrons. The predicted octanol–water partition coefficient (Wildman–Crippen LogP) is 7.02. The van der Waals surface area contributed by atoms with Gasteiger partial charge in [-0.25, -0.2) is 0 Å². The van der Waals surface area contributed by atoms with Gasteiger partial charge in [0, 0.05) is 94.0 Å². The molecule has 9 rings (SSSR count). The standard InChI is InChI=1S/C81H114F6N12O14/c1-12-24-59-70(103)89-68(50(4)13-2)76(109)98(55-34-35-55)49-67(102)92(7)60-27-17-15-22-42-97(75(60)108)62(43-51-28-32-54(33-29-51)80(82,83)84)72(105)90(5)48-65(100)88-58(37-31-52-30-36-57(81(85,86)87)64(44-52)112-11)71(104)99-47-56(113-14-3)45-63(99)73(106)95(10)79(38-23-39-79)78(111)94(9)69(53-25-18-19-26-53)77(110)93(8)61(46-66(101)91(59)6)74(107)96-40-20-16-21-41-96/h15,17,28-30,32-33,36,44,50,53,55-56,58-63,68-69H,12-14,16,18-27,31,34-35,37-43,45-49H2,1-11H3,(H,88,100)(H,89,103)/b17-15-/t50-,56+,58-,59-,60+,61-,62-,63-,68-,69-/m0/s1. The lowest BCUT2D eigenvalue weighted by Gasteiger charge is -2.51. The largest absolute Gasteiger partial charge is 0.496 e. The Labute approximate surface area is 658 Å². The fraction of sp³-hybridized carbons (Fsp3) is 0.679. The van der Waals surface area contributed by atoms with Crippen molar-refractivity contribution in [2.75, 3.05) is 95.3 Å². The number of piperidine rings is 1. The number of rotatable bonds is 15. The van der Waals surface area contributed by atoms with Crippen molar-refractivity contribution in [1.29, 1.82) is 0 Å². The molecule has 0 unspecified atom stereocenters. The minimum absolute atomic E-state index is 0.0942. The van der Waals surface area contributed by atoms with Crippen LogP contribution >= 0.6 is 0 Å². The number of likely N-dealkylation sites (N-methyl/N-ethyl adjacent to an activating group) is 6. The van der Waals surface area contributed by atoms with E-state index in [1.807, 2.05) is 13.8 Å². The first-order valence-corrected chi connectivity index (χ1v) is 40.1. The number of methoxy groups -OCH3 is 1. The molecule has 26 nitrogen and oxygen atoms in total. The summed E-state index contributed by atoms with van der Waals surface area (Å²) in [5.41, 5.74) is -3.30. The third kappa shape index (κ3) is 20.5. The van der Waals surface area contributed by atoms with E-state index in [0.717, 1.165) is 59.7 Å². The van der Waals surface area contributed by atoms with Gasteiger partial charge in [0.25, 0.3) is 0 Å². The van der Waals surface area contributed by atoms with E-state index in [1.165, 1.54) is 82.7 Å². The average Bonchev–Trinajstić information content (AvgIpc) is 1.67. The predicted molar refractivity (Wildman–Crippen MR) is 404 cm³/mol. The van der Waals surface area contributed by atoms with Crippen LogP contribution in [-0.4, -0.2) is 281 Å². The molecule has 1 spiro atoms. The van der Waals surface area contributed by atoms with Crippen molar-refractivity contribution in [3.05, 3.63) is 76.9 Å². The van der Waals surface area contributed by atoms with Gasteiger partial charge in [-0.1, -0.05) is 76.8 Å². The molecular formula is C81H114F6N12O14. The van der Waals surface area contributed by atoms with Crippen molar-refractivity contribution < 1.29 is 93.4 Å². The summed E-state index contributed by atoms with van der Waals surface area (Å²) < 4.78 is 96.2. The molecule has 12 amide bonds. The van der Waals surface area contributed by atoms with Crippen molar-refractivity contribution in [2.24, 2.45) is 11.8 Å². The number of amides is 12. The fourth-order valence-corrected chi connectivity index (χ4v) is 17.0. The Hall–Kier alpha value is -8.84. The van der Waals surface area contributed by atoms with E-state index in [2.05, 4.69) is 10.6 Å². The first kappa shape index (κ1) is 88.1. The van der Waals surface area contributed by atoms with Gasteiger partial charge in [-0.3, -0.25) is 57.5 Å². The maximum atomic E-state index is 15.9. The van der Waals surface area contributed by atoms with Crippen molar-refractivity contribution in [3.8, 4) is 5.75 Å². The minimum atomic E-state index is -4.82. The Morgan fingerprint density at radius 2 is 1.29 bits per heavy atom. The lowest BCUT2D eigenvalue weighted by Crippen LogP contribution is -2.68. The lowest BCUT2D eigenvalue weighted by atomic mass is 9.73. The van der Waals surface area contributed by atoms with Gasteiger partial charge < -0.3 is 69.1 Å². The van der Waals surface area contributed by atoms with Crippen molar-refractivity contribution in [3.63, 3.8) is 0 Å². The van der Waals surface area contributed by atoms with Gasteiger partial charge in [0.15, 0.2) is 0 Å². The lowest BCUT2D eigenvalue weighted by molar-refractivity contribution is -0.166. The zero-order valence-electron chi connectivity index (χ0n) is 67.1. The summed E-state index contributed by atoms with van der Waals surface area (Å²) in [5, 5.41) is 5.69. The second kappa shape index (κ2) is 38.1. The Balaban J connectivity index is 1.15. The van der Waals surface area contributed by atoms with Crippen molar-refractivity contribution >= 4 is 70.9 Å². The Morgan fingerprint density at radius 1 is 0.628 bits per heavy atom. The van der Waals surface area contributed by atoms with E-state index in [-0.39, 0.29) is 82.2 Å². The van der Waals surface area contributed by atoms with Gasteiger partial charge in [0.2, 0.25) is 70.9 Å². The molecule has 624 valence electrons. The quantitative estimate of drug-likeness (QED) is 0.134. The summed E-state index contributed by atoms with van der Waals surface area (Å²) in [5.74, 6) is -10.2. The van der Waals surface area contributed by atoms with Crippen LogP contribution in [0.1, 0.15) is 178 Å². The van der Waals surface area contributed by atoms with Gasteiger partial charge >= 0.3 is 12.4 Å². The topological polar surface area (TPSA) is 280 Å². The molecule has 2 aromatic rings. The van der Waals surface area contributed by atoms with Crippen LogP contribution in [0.15, 0.2) is 54.6 Å². The maximum Gasteiger partial charge on any atom is 0.419 e. The molecule has 2 N–H and O–H groups in total. The number of aryl methyl sites for hydroxylation is 1. The van der Waals surface area contributed by atoms with Crippen molar-refractivity contribution in [2.45, 2.75) is 247 Å². The average molecular weight is 1590 g/mol. The number of benzene rings is 2. The highest BCUT2D eigenvalue weighted by Gasteiger charge is 2.57. The highest BCUT2D eigenvalue weighted by atomic mass is 19.4. The van der Waals surface area contributed by atoms with E-state index in [9.17, 15) is 31.1 Å². The number of carbonyl (C=O) groups excluding carboxylic acids is 12. The number of nitrogens with one attached hydrogen (secondary N) is 2. The summed E-state index contributed by atoms with van der Waals surface area (Å²) >= 11 is 0. The number of halogens is 6. The van der Waals surface area contributed by atoms with Gasteiger partial charge in [0.1, 0.15) is 66.2 Å². The van der Waals surface area contributed by atoms with Crippen LogP contribution < -0.4 is 15.4 Å². The number of ether oxygens (including phenoxy) is 2. The first-order chi connectivity index (χ1) is 53.5. The second-order valence-corrected chi connectivity index (χ2v) is 31.8. The zero-order chi connectivity index (χ0) is 82.7. The molecule has 2 aromatic carbocycles. The van der Waals surface area contributed by atoms with Crippen LogP contribution in [0.25, 0.3) is 0 Å². The first-order valence-electron chi connectivity index (χ1n) is 40.1. The molecule has 6 fully saturated rings. The van der Waals surface area contributed by atoms with Gasteiger partial charge in [-0.05, 0) is 150 Å². The molecule has 4 aliphatic heterocycles. The Morgan fingerprint density at radius 3 is 1.88 bits per heavy atom. The number of carbonyl (C=O) groups is 12. The third-order valence-corrected chi connectivity index (χ3v) is 24.4. The number of nitrogens with zero attached hydrogens (tertiary/aromatic N) is 10. The normalized spacial score (nSPS) is 27.0. The molecule has 2 bridgehead atoms. The molecule has 7 aliphatic rings. The maximum absolute atomic E-state index is 15.9. The Bertz CT molecular complexity index is 3810. The van der Waals surface area contributed by atoms with Crippen LogP contribution in [-0.2, 0) is 87.5 Å². The zero-order valence-corrected chi connectivity index (χ0v) is 67.1. The number of fused-ring (bicyclic) bond motifs is 3. The highest BCUT2D eigenvalue weighted by Crippen LogP contribution is 2.43. The highest BCUT2D eigenvalue weighted by molar-refractivity contribution is 6.01. The fourth-order valence-electron chi connectivity index (χ4n) is 17.0. The molecule has 10 atom stereocenters. The van der Waals surface area contributed by atoms with Gasteiger partial charge in [-0.2, -0.15) is 26.3 Å². The summed E-state index contributed by atoms with van der Waals surface area (Å²) in [7, 11) is 9.43. The van der Waals surface area contributed by atoms with E-state index in [1.54, 1.807) is 30.9 Å². The van der Waals surface area contributed by atoms with E-state index in [4.69, 9.17) is 9.47 Å². The number of alkyl halides is 6. The number of likely N-dealkylation sites (tertiary alicyclic amines) is 1. The third-order valence-electron chi connectivity index (χ3n) is 24.4. The molecule has 32 heteroatoms. The molecule has 0 aromatic heterocycles. The molecule has 113 heavy (non-hydrogen) atoms. The summed E-state index contributed by atoms with van der Waals surface area (Å²) in [6, 6.07) is -4.53. The number of hydrogen-bond acceptors (Lipinski definition) is 14. The van der Waals surface area contributed by atoms with Crippen LogP contribution in [0.3, 0.4) is 0 Å². The van der Waals surface area contributed by atoms with Crippen LogP contribution in [0.5, 0.6) is 5.75 Å². The van der Waals surface area contributed by atoms with E-state index < -0.39 is 204 Å². The van der Waals surface area contributed by atoms with E-state index >= 15 is 52.7 Å². The van der Waals surface area contributed by atoms with Crippen LogP contribution in [0.4, 0.5) is 26.3 Å². The minimum Gasteiger partial charge on any atom is -0.496 e. The van der Waals surface area contributed by atoms with Gasteiger partial charge in [-0.15, -0.1) is 0 Å².